The standard InChI is InChI=1S/C21H18FN3O2/c1-12-17-9-14(10-23-21(26)20-13(2)27-11-24-20)3-8-18(17)25-19(12)15-4-6-16(22)7-5-15/h3-9,11,25H,10H2,1-2H3,(H,23,26). The molecule has 0 spiro atoms. The normalized spacial score (nSPS) is 11.1. The molecule has 0 bridgehead atoms. The minimum atomic E-state index is -0.265. The van der Waals surface area contributed by atoms with Crippen LogP contribution in [-0.2, 0) is 6.54 Å². The van der Waals surface area contributed by atoms with Crippen molar-refractivity contribution in [2.24, 2.45) is 0 Å². The van der Waals surface area contributed by atoms with E-state index in [0.29, 0.717) is 18.0 Å². The number of fused-ring (bicyclic) bond motifs is 1. The number of nitrogens with zero attached hydrogens (tertiary/aromatic N) is 1. The number of benzene rings is 2. The van der Waals surface area contributed by atoms with Gasteiger partial charge in [0.1, 0.15) is 11.6 Å². The summed E-state index contributed by atoms with van der Waals surface area (Å²) >= 11 is 0. The van der Waals surface area contributed by atoms with Gasteiger partial charge >= 0.3 is 0 Å². The summed E-state index contributed by atoms with van der Waals surface area (Å²) in [5, 5.41) is 3.93. The van der Waals surface area contributed by atoms with Crippen LogP contribution in [0.2, 0.25) is 0 Å². The molecule has 4 aromatic rings. The van der Waals surface area contributed by atoms with Crippen LogP contribution < -0.4 is 5.32 Å². The smallest absolute Gasteiger partial charge is 0.273 e. The van der Waals surface area contributed by atoms with Gasteiger partial charge in [-0.15, -0.1) is 0 Å². The highest BCUT2D eigenvalue weighted by Gasteiger charge is 2.14. The molecule has 0 unspecified atom stereocenters. The molecule has 0 aliphatic carbocycles. The van der Waals surface area contributed by atoms with Gasteiger partial charge in [-0.1, -0.05) is 6.07 Å². The van der Waals surface area contributed by atoms with Gasteiger partial charge in [0.2, 0.25) is 0 Å². The topological polar surface area (TPSA) is 70.9 Å². The molecule has 0 aliphatic rings. The first-order chi connectivity index (χ1) is 13.0. The molecule has 5 nitrogen and oxygen atoms in total. The Morgan fingerprint density at radius 2 is 1.96 bits per heavy atom. The van der Waals surface area contributed by atoms with Gasteiger partial charge in [0.15, 0.2) is 12.1 Å². The fourth-order valence-electron chi connectivity index (χ4n) is 3.18. The molecule has 2 aromatic carbocycles. The molecule has 2 N–H and O–H groups in total. The number of aryl methyl sites for hydroxylation is 2. The third-order valence-electron chi connectivity index (χ3n) is 4.67. The highest BCUT2D eigenvalue weighted by molar-refractivity contribution is 5.93. The van der Waals surface area contributed by atoms with Gasteiger partial charge in [-0.2, -0.15) is 0 Å². The number of hydrogen-bond donors (Lipinski definition) is 2. The maximum Gasteiger partial charge on any atom is 0.273 e. The fraction of sp³-hybridized carbons (Fsp3) is 0.143. The summed E-state index contributed by atoms with van der Waals surface area (Å²) < 4.78 is 18.2. The predicted molar refractivity (Wildman–Crippen MR) is 101 cm³/mol. The summed E-state index contributed by atoms with van der Waals surface area (Å²) in [6.45, 7) is 4.12. The molecular formula is C21H18FN3O2. The minimum absolute atomic E-state index is 0.257. The number of aromatic amines is 1. The van der Waals surface area contributed by atoms with Crippen molar-refractivity contribution in [2.45, 2.75) is 20.4 Å². The average molecular weight is 363 g/mol. The van der Waals surface area contributed by atoms with Crippen LogP contribution in [0.1, 0.15) is 27.4 Å². The highest BCUT2D eigenvalue weighted by atomic mass is 19.1. The fourth-order valence-corrected chi connectivity index (χ4v) is 3.18. The summed E-state index contributed by atoms with van der Waals surface area (Å²) in [6.07, 6.45) is 1.26. The third-order valence-corrected chi connectivity index (χ3v) is 4.67. The molecule has 2 heterocycles. The van der Waals surface area contributed by atoms with Gasteiger partial charge in [-0.25, -0.2) is 9.37 Å². The van der Waals surface area contributed by atoms with Crippen LogP contribution in [-0.4, -0.2) is 15.9 Å². The Balaban J connectivity index is 1.59. The zero-order valence-electron chi connectivity index (χ0n) is 15.0. The number of H-pyrrole nitrogens is 1. The molecule has 27 heavy (non-hydrogen) atoms. The van der Waals surface area contributed by atoms with Gasteiger partial charge in [0, 0.05) is 23.1 Å². The quantitative estimate of drug-likeness (QED) is 0.560. The lowest BCUT2D eigenvalue weighted by Crippen LogP contribution is -2.23. The van der Waals surface area contributed by atoms with Crippen LogP contribution in [0, 0.1) is 19.7 Å². The van der Waals surface area contributed by atoms with E-state index in [2.05, 4.69) is 15.3 Å². The Bertz CT molecular complexity index is 1130. The van der Waals surface area contributed by atoms with Crippen LogP contribution in [0.5, 0.6) is 0 Å². The number of nitrogens with one attached hydrogen (secondary N) is 2. The molecule has 136 valence electrons. The van der Waals surface area contributed by atoms with Crippen molar-refractivity contribution in [2.75, 3.05) is 0 Å². The molecule has 2 aromatic heterocycles. The zero-order chi connectivity index (χ0) is 19.0. The van der Waals surface area contributed by atoms with Crippen molar-refractivity contribution < 1.29 is 13.6 Å². The summed E-state index contributed by atoms with van der Waals surface area (Å²) in [4.78, 5) is 19.5. The number of carbonyl (C=O) groups excluding carboxylic acids is 1. The molecule has 0 radical (unpaired) electrons. The van der Waals surface area contributed by atoms with E-state index in [9.17, 15) is 9.18 Å². The number of aromatic nitrogens is 2. The molecular weight excluding hydrogens is 345 g/mol. The second-order valence-electron chi connectivity index (χ2n) is 6.45. The number of amides is 1. The SMILES string of the molecule is Cc1ocnc1C(=O)NCc1ccc2[nH]c(-c3ccc(F)cc3)c(C)c2c1. The number of carbonyl (C=O) groups is 1. The number of halogens is 1. The highest BCUT2D eigenvalue weighted by Crippen LogP contribution is 2.30. The van der Waals surface area contributed by atoms with Gasteiger partial charge < -0.3 is 14.7 Å². The van der Waals surface area contributed by atoms with E-state index in [1.807, 2.05) is 25.1 Å². The number of hydrogen-bond acceptors (Lipinski definition) is 3. The first-order valence-corrected chi connectivity index (χ1v) is 8.58. The van der Waals surface area contributed by atoms with Gasteiger partial charge in [-0.05, 0) is 66.9 Å². The molecule has 0 aliphatic heterocycles. The summed E-state index contributed by atoms with van der Waals surface area (Å²) in [5.41, 5.74) is 5.24. The summed E-state index contributed by atoms with van der Waals surface area (Å²) in [7, 11) is 0. The second-order valence-corrected chi connectivity index (χ2v) is 6.45. The molecule has 0 saturated heterocycles. The number of rotatable bonds is 4. The van der Waals surface area contributed by atoms with Crippen LogP contribution in [0.3, 0.4) is 0 Å². The Morgan fingerprint density at radius 1 is 1.19 bits per heavy atom. The van der Waals surface area contributed by atoms with Crippen molar-refractivity contribution in [1.82, 2.24) is 15.3 Å². The first kappa shape index (κ1) is 17.0. The average Bonchev–Trinajstić information content (AvgIpc) is 3.24. The van der Waals surface area contributed by atoms with E-state index in [-0.39, 0.29) is 11.7 Å². The second kappa shape index (κ2) is 6.72. The van der Waals surface area contributed by atoms with E-state index in [1.54, 1.807) is 19.1 Å². The maximum absolute atomic E-state index is 13.2. The van der Waals surface area contributed by atoms with Crippen molar-refractivity contribution in [3.8, 4) is 11.3 Å². The van der Waals surface area contributed by atoms with E-state index < -0.39 is 0 Å². The zero-order valence-corrected chi connectivity index (χ0v) is 15.0. The first-order valence-electron chi connectivity index (χ1n) is 8.58. The van der Waals surface area contributed by atoms with Gasteiger partial charge in [0.25, 0.3) is 5.91 Å². The van der Waals surface area contributed by atoms with Gasteiger partial charge in [-0.3, -0.25) is 4.79 Å². The van der Waals surface area contributed by atoms with Crippen molar-refractivity contribution in [3.63, 3.8) is 0 Å². The molecule has 6 heteroatoms. The van der Waals surface area contributed by atoms with Crippen LogP contribution >= 0.6 is 0 Å². The van der Waals surface area contributed by atoms with E-state index >= 15 is 0 Å². The lowest BCUT2D eigenvalue weighted by Gasteiger charge is -2.04. The number of oxazole rings is 1. The molecule has 0 fully saturated rings. The third kappa shape index (κ3) is 3.21. The Kier molecular flexibility index (Phi) is 4.24. The molecule has 0 saturated carbocycles. The lowest BCUT2D eigenvalue weighted by molar-refractivity contribution is 0.0945. The summed E-state index contributed by atoms with van der Waals surface area (Å²) in [6, 6.07) is 12.4. The van der Waals surface area contributed by atoms with Crippen molar-refractivity contribution >= 4 is 16.8 Å². The maximum atomic E-state index is 13.2. The molecule has 1 amide bonds. The van der Waals surface area contributed by atoms with E-state index in [1.165, 1.54) is 18.5 Å². The monoisotopic (exact) mass is 363 g/mol. The van der Waals surface area contributed by atoms with Crippen LogP contribution in [0.25, 0.3) is 22.2 Å². The molecule has 4 rings (SSSR count). The van der Waals surface area contributed by atoms with Crippen LogP contribution in [0.4, 0.5) is 4.39 Å². The Hall–Kier alpha value is -3.41. The van der Waals surface area contributed by atoms with Crippen LogP contribution in [0.15, 0.2) is 53.3 Å². The van der Waals surface area contributed by atoms with E-state index in [0.717, 1.165) is 33.3 Å². The van der Waals surface area contributed by atoms with Gasteiger partial charge in [0.05, 0.1) is 0 Å². The van der Waals surface area contributed by atoms with Crippen molar-refractivity contribution in [1.29, 1.82) is 0 Å². The Morgan fingerprint density at radius 3 is 2.67 bits per heavy atom. The lowest BCUT2D eigenvalue weighted by atomic mass is 10.0. The minimum Gasteiger partial charge on any atom is -0.448 e. The predicted octanol–water partition coefficient (Wildman–Crippen LogP) is 4.51. The van der Waals surface area contributed by atoms with Crippen molar-refractivity contribution in [3.05, 3.63) is 77.3 Å². The molecule has 0 atom stereocenters. The van der Waals surface area contributed by atoms with E-state index in [4.69, 9.17) is 4.42 Å². The summed E-state index contributed by atoms with van der Waals surface area (Å²) in [5.74, 6) is -0.0274. The Labute approximate surface area is 155 Å². The largest absolute Gasteiger partial charge is 0.448 e.